The Morgan fingerprint density at radius 3 is 3.00 bits per heavy atom. The summed E-state index contributed by atoms with van der Waals surface area (Å²) in [6.07, 6.45) is 7.05. The molecule has 2 aliphatic heterocycles. The number of aliphatic imine (C=N–C) groups is 2. The van der Waals surface area contributed by atoms with Crippen LogP contribution in [0.25, 0.3) is 0 Å². The first-order valence-corrected chi connectivity index (χ1v) is 9.57. The summed E-state index contributed by atoms with van der Waals surface area (Å²) >= 11 is 0. The Morgan fingerprint density at radius 1 is 1.21 bits per heavy atom. The molecule has 2 aromatic carbocycles. The topological polar surface area (TPSA) is 81.8 Å². The second-order valence-electron chi connectivity index (χ2n) is 7.20. The van der Waals surface area contributed by atoms with Crippen LogP contribution in [0.5, 0.6) is 5.75 Å². The van der Waals surface area contributed by atoms with Gasteiger partial charge in [-0.25, -0.2) is 0 Å². The molecule has 2 unspecified atom stereocenters. The average Bonchev–Trinajstić information content (AvgIpc) is 3.35. The first-order valence-electron chi connectivity index (χ1n) is 9.57. The van der Waals surface area contributed by atoms with Crippen molar-refractivity contribution in [2.24, 2.45) is 15.1 Å². The lowest BCUT2D eigenvalue weighted by Gasteiger charge is -2.29. The number of hydrogen-bond acceptors (Lipinski definition) is 7. The van der Waals surface area contributed by atoms with Gasteiger partial charge in [0.1, 0.15) is 23.8 Å². The Hall–Kier alpha value is -3.61. The number of nitrogens with zero attached hydrogens (tertiary/aromatic N) is 4. The van der Waals surface area contributed by atoms with E-state index in [4.69, 9.17) is 14.9 Å². The van der Waals surface area contributed by atoms with Crippen LogP contribution in [0.4, 0.5) is 5.69 Å². The number of amidine groups is 1. The van der Waals surface area contributed by atoms with E-state index in [1.54, 1.807) is 19.5 Å². The zero-order valence-corrected chi connectivity index (χ0v) is 16.0. The fourth-order valence-corrected chi connectivity index (χ4v) is 4.13. The van der Waals surface area contributed by atoms with Gasteiger partial charge >= 0.3 is 0 Å². The Morgan fingerprint density at radius 2 is 2.14 bits per heavy atom. The van der Waals surface area contributed by atoms with Crippen molar-refractivity contribution >= 4 is 23.4 Å². The zero-order valence-electron chi connectivity index (χ0n) is 16.0. The van der Waals surface area contributed by atoms with Crippen LogP contribution < -0.4 is 10.1 Å². The molecule has 7 heteroatoms. The zero-order chi connectivity index (χ0) is 19.8. The molecule has 2 aromatic rings. The van der Waals surface area contributed by atoms with Crippen LogP contribution in [0, 0.1) is 0 Å². The quantitative estimate of drug-likeness (QED) is 0.621. The monoisotopic (exact) mass is 387 g/mol. The molecule has 5 rings (SSSR count). The number of anilines is 1. The molecular formula is C22H21N5O2. The van der Waals surface area contributed by atoms with Gasteiger partial charge in [0, 0.05) is 23.7 Å². The minimum atomic E-state index is -0.114. The molecule has 0 radical (unpaired) electrons. The Labute approximate surface area is 168 Å². The van der Waals surface area contributed by atoms with Crippen molar-refractivity contribution in [1.29, 1.82) is 0 Å². The number of oxime groups is 1. The highest BCUT2D eigenvalue weighted by Crippen LogP contribution is 2.35. The normalized spacial score (nSPS) is 23.1. The maximum Gasteiger partial charge on any atom is 0.148 e. The predicted molar refractivity (Wildman–Crippen MR) is 113 cm³/mol. The van der Waals surface area contributed by atoms with Gasteiger partial charge in [-0.3, -0.25) is 9.98 Å². The van der Waals surface area contributed by atoms with Crippen molar-refractivity contribution in [3.05, 3.63) is 71.6 Å². The summed E-state index contributed by atoms with van der Waals surface area (Å²) in [6, 6.07) is 14.1. The van der Waals surface area contributed by atoms with Gasteiger partial charge in [0.05, 0.1) is 19.0 Å². The van der Waals surface area contributed by atoms with Crippen LogP contribution in [0.3, 0.4) is 0 Å². The van der Waals surface area contributed by atoms with Gasteiger partial charge in [0.2, 0.25) is 0 Å². The Balaban J connectivity index is 1.48. The largest absolute Gasteiger partial charge is 0.497 e. The molecule has 7 nitrogen and oxygen atoms in total. The molecule has 3 aliphatic rings. The van der Waals surface area contributed by atoms with E-state index in [-0.39, 0.29) is 12.2 Å². The third-order valence-electron chi connectivity index (χ3n) is 5.56. The number of rotatable bonds is 4. The highest BCUT2D eigenvalue weighted by molar-refractivity contribution is 6.31. The highest BCUT2D eigenvalue weighted by Gasteiger charge is 2.36. The van der Waals surface area contributed by atoms with Gasteiger partial charge in [-0.2, -0.15) is 0 Å². The van der Waals surface area contributed by atoms with Crippen LogP contribution in [-0.2, 0) is 6.42 Å². The maximum absolute atomic E-state index is 9.17. The summed E-state index contributed by atoms with van der Waals surface area (Å²) in [5.41, 5.74) is 5.04. The molecule has 0 saturated heterocycles. The first kappa shape index (κ1) is 17.5. The maximum atomic E-state index is 9.17. The van der Waals surface area contributed by atoms with Gasteiger partial charge < -0.3 is 20.2 Å². The third-order valence-corrected chi connectivity index (χ3v) is 5.56. The number of hydrogen-bond donors (Lipinski definition) is 2. The number of methoxy groups -OCH3 is 1. The van der Waals surface area contributed by atoms with Crippen molar-refractivity contribution < 1.29 is 9.94 Å². The highest BCUT2D eigenvalue weighted by atomic mass is 16.5. The van der Waals surface area contributed by atoms with E-state index in [1.807, 2.05) is 36.5 Å². The summed E-state index contributed by atoms with van der Waals surface area (Å²) in [4.78, 5) is 11.2. The van der Waals surface area contributed by atoms with Gasteiger partial charge in [0.15, 0.2) is 0 Å². The molecule has 0 spiro atoms. The van der Waals surface area contributed by atoms with Crippen LogP contribution in [-0.4, -0.2) is 41.1 Å². The lowest BCUT2D eigenvalue weighted by Crippen LogP contribution is -2.40. The van der Waals surface area contributed by atoms with E-state index >= 15 is 0 Å². The van der Waals surface area contributed by atoms with Gasteiger partial charge in [-0.1, -0.05) is 23.4 Å². The summed E-state index contributed by atoms with van der Waals surface area (Å²) in [5.74, 6) is 1.64. The molecule has 2 heterocycles. The van der Waals surface area contributed by atoms with Gasteiger partial charge in [-0.05, 0) is 48.2 Å². The molecule has 2 atom stereocenters. The van der Waals surface area contributed by atoms with E-state index in [9.17, 15) is 0 Å². The van der Waals surface area contributed by atoms with E-state index < -0.39 is 0 Å². The van der Waals surface area contributed by atoms with Crippen LogP contribution >= 0.6 is 0 Å². The number of fused-ring (bicyclic) bond motifs is 2. The molecular weight excluding hydrogens is 366 g/mol. The first-order chi connectivity index (χ1) is 14.3. The molecule has 29 heavy (non-hydrogen) atoms. The van der Waals surface area contributed by atoms with Crippen molar-refractivity contribution in [3.63, 3.8) is 0 Å². The van der Waals surface area contributed by atoms with Crippen molar-refractivity contribution in [1.82, 2.24) is 4.90 Å². The molecule has 0 saturated carbocycles. The molecule has 0 aromatic heterocycles. The summed E-state index contributed by atoms with van der Waals surface area (Å²) in [6.45, 7) is 0. The lowest BCUT2D eigenvalue weighted by atomic mass is 10.0. The molecule has 2 N–H and O–H groups in total. The van der Waals surface area contributed by atoms with Crippen molar-refractivity contribution in [2.75, 3.05) is 12.4 Å². The van der Waals surface area contributed by atoms with Crippen molar-refractivity contribution in [3.8, 4) is 5.75 Å². The van der Waals surface area contributed by atoms with Crippen LogP contribution in [0.1, 0.15) is 29.2 Å². The third kappa shape index (κ3) is 3.04. The summed E-state index contributed by atoms with van der Waals surface area (Å²) in [7, 11) is 1.67. The van der Waals surface area contributed by atoms with Crippen LogP contribution in [0.15, 0.2) is 70.0 Å². The number of nitrogens with one attached hydrogen (secondary N) is 1. The Bertz CT molecular complexity index is 1070. The molecule has 0 bridgehead atoms. The van der Waals surface area contributed by atoms with E-state index in [1.165, 1.54) is 5.56 Å². The fourth-order valence-electron chi connectivity index (χ4n) is 4.13. The van der Waals surface area contributed by atoms with Gasteiger partial charge in [0.25, 0.3) is 0 Å². The SMILES string of the molecule is COc1cccc(C2N=C3C=NC=CN3C2Nc2ccc3c(c2)CC/C3=N/O)c1. The summed E-state index contributed by atoms with van der Waals surface area (Å²) in [5, 5.41) is 16.2. The van der Waals surface area contributed by atoms with Crippen molar-refractivity contribution in [2.45, 2.75) is 25.0 Å². The lowest BCUT2D eigenvalue weighted by molar-refractivity contribution is 0.318. The van der Waals surface area contributed by atoms with E-state index in [2.05, 4.69) is 32.5 Å². The Kier molecular flexibility index (Phi) is 4.27. The smallest absolute Gasteiger partial charge is 0.148 e. The predicted octanol–water partition coefficient (Wildman–Crippen LogP) is 3.57. The second kappa shape index (κ2) is 7.09. The average molecular weight is 387 g/mol. The molecule has 0 amide bonds. The summed E-state index contributed by atoms with van der Waals surface area (Å²) < 4.78 is 5.40. The van der Waals surface area contributed by atoms with Crippen LogP contribution in [0.2, 0.25) is 0 Å². The number of benzene rings is 2. The molecule has 146 valence electrons. The minimum Gasteiger partial charge on any atom is -0.497 e. The standard InChI is InChI=1S/C22H21N5O2/c1-29-17-4-2-3-15(12-17)21-22(27-10-9-23-13-20(27)25-21)24-16-6-7-18-14(11-16)5-8-19(18)26-28/h2-4,6-7,9-13,21-22,24,28H,5,8H2,1H3/b26-19-. The van der Waals surface area contributed by atoms with Gasteiger partial charge in [-0.15, -0.1) is 0 Å². The van der Waals surface area contributed by atoms with E-state index in [0.717, 1.165) is 47.0 Å². The minimum absolute atomic E-state index is 0.0921. The number of aryl methyl sites for hydroxylation is 1. The number of ether oxygens (including phenoxy) is 1. The second-order valence-corrected chi connectivity index (χ2v) is 7.20. The molecule has 1 aliphatic carbocycles. The fraction of sp³-hybridized carbons (Fsp3) is 0.227. The van der Waals surface area contributed by atoms with E-state index in [0.29, 0.717) is 0 Å². The molecule has 0 fully saturated rings.